The minimum atomic E-state index is -2.86. The molecule has 0 saturated heterocycles. The summed E-state index contributed by atoms with van der Waals surface area (Å²) in [5.41, 5.74) is 0.620. The Morgan fingerprint density at radius 3 is 2.45 bits per heavy atom. The van der Waals surface area contributed by atoms with Crippen LogP contribution in [0.3, 0.4) is 0 Å². The van der Waals surface area contributed by atoms with E-state index in [1.165, 1.54) is 25.1 Å². The molecule has 29 heavy (non-hydrogen) atoms. The number of alkyl halides is 2. The quantitative estimate of drug-likeness (QED) is 0.344. The Balaban J connectivity index is 2.56. The third kappa shape index (κ3) is 5.32. The molecule has 2 aromatic carbocycles. The second-order valence-corrected chi connectivity index (χ2v) is 6.84. The van der Waals surface area contributed by atoms with Gasteiger partial charge in [0.15, 0.2) is 6.29 Å². The minimum absolute atomic E-state index is 0.0118. The standard InChI is InChI=1S/C21H22ClF2NO4/c1-3-6-12(20(26)27)9-14-15(22)10-17(11(2)18(14)19(23)24)25-16-8-5-4-7-13(16)21(28)29/h4-8,10,19-20,25-27H,3,9H2,1-2H3,(H,28,29). The summed E-state index contributed by atoms with van der Waals surface area (Å²) in [6.45, 7) is 3.27. The molecule has 0 heterocycles. The molecule has 0 aliphatic rings. The Kier molecular flexibility index (Phi) is 7.73. The highest BCUT2D eigenvalue weighted by Gasteiger charge is 2.24. The van der Waals surface area contributed by atoms with Crippen LogP contribution in [0.15, 0.2) is 42.0 Å². The molecule has 0 fully saturated rings. The maximum Gasteiger partial charge on any atom is 0.337 e. The van der Waals surface area contributed by atoms with Crippen molar-refractivity contribution in [3.8, 4) is 0 Å². The number of aliphatic hydroxyl groups excluding tert-OH is 1. The molecule has 0 radical (unpaired) electrons. The van der Waals surface area contributed by atoms with Crippen molar-refractivity contribution < 1.29 is 28.9 Å². The van der Waals surface area contributed by atoms with Crippen LogP contribution in [0.5, 0.6) is 0 Å². The van der Waals surface area contributed by atoms with Crippen molar-refractivity contribution in [2.75, 3.05) is 5.32 Å². The Morgan fingerprint density at radius 1 is 1.24 bits per heavy atom. The lowest BCUT2D eigenvalue weighted by Crippen LogP contribution is -2.13. The number of hydrogen-bond donors (Lipinski definition) is 4. The second-order valence-electron chi connectivity index (χ2n) is 6.44. The van der Waals surface area contributed by atoms with E-state index in [4.69, 9.17) is 11.6 Å². The van der Waals surface area contributed by atoms with E-state index in [1.54, 1.807) is 25.1 Å². The molecule has 0 unspecified atom stereocenters. The molecule has 0 saturated carbocycles. The van der Waals surface area contributed by atoms with E-state index in [0.717, 1.165) is 0 Å². The number of carboxylic acid groups (broad SMARTS) is 1. The van der Waals surface area contributed by atoms with Crippen molar-refractivity contribution >= 4 is 28.9 Å². The number of carboxylic acids is 1. The van der Waals surface area contributed by atoms with Gasteiger partial charge in [-0.3, -0.25) is 0 Å². The highest BCUT2D eigenvalue weighted by Crippen LogP contribution is 2.39. The van der Waals surface area contributed by atoms with Crippen molar-refractivity contribution in [3.63, 3.8) is 0 Å². The SMILES string of the molecule is CCC=C(Cc1c(Cl)cc(Nc2ccccc2C(=O)O)c(C)c1C(F)F)C(O)O. The molecule has 0 spiro atoms. The van der Waals surface area contributed by atoms with Crippen molar-refractivity contribution in [3.05, 3.63) is 69.3 Å². The number of rotatable bonds is 8. The van der Waals surface area contributed by atoms with Gasteiger partial charge >= 0.3 is 5.97 Å². The fourth-order valence-corrected chi connectivity index (χ4v) is 3.36. The number of aliphatic hydroxyl groups is 2. The molecule has 0 aliphatic heterocycles. The molecule has 156 valence electrons. The summed E-state index contributed by atoms with van der Waals surface area (Å²) in [5.74, 6) is -1.16. The molecule has 0 bridgehead atoms. The summed E-state index contributed by atoms with van der Waals surface area (Å²) < 4.78 is 27.8. The molecular weight excluding hydrogens is 404 g/mol. The number of hydrogen-bond acceptors (Lipinski definition) is 4. The monoisotopic (exact) mass is 425 g/mol. The predicted molar refractivity (Wildman–Crippen MR) is 108 cm³/mol. The summed E-state index contributed by atoms with van der Waals surface area (Å²) in [5, 5.41) is 31.2. The molecular formula is C21H22ClF2NO4. The summed E-state index contributed by atoms with van der Waals surface area (Å²) in [6.07, 6.45) is -2.73. The lowest BCUT2D eigenvalue weighted by molar-refractivity contribution is -0.00974. The minimum Gasteiger partial charge on any atom is -0.478 e. The maximum absolute atomic E-state index is 13.9. The van der Waals surface area contributed by atoms with E-state index in [9.17, 15) is 28.9 Å². The van der Waals surface area contributed by atoms with Crippen molar-refractivity contribution in [1.82, 2.24) is 0 Å². The largest absolute Gasteiger partial charge is 0.478 e. The number of anilines is 2. The maximum atomic E-state index is 13.9. The molecule has 0 atom stereocenters. The van der Waals surface area contributed by atoms with Gasteiger partial charge in [-0.05, 0) is 48.2 Å². The molecule has 0 aliphatic carbocycles. The first-order chi connectivity index (χ1) is 13.7. The summed E-state index contributed by atoms with van der Waals surface area (Å²) in [4.78, 5) is 11.4. The molecule has 0 aromatic heterocycles. The summed E-state index contributed by atoms with van der Waals surface area (Å²) in [6, 6.07) is 7.54. The van der Waals surface area contributed by atoms with Crippen LogP contribution in [0.25, 0.3) is 0 Å². The lowest BCUT2D eigenvalue weighted by Gasteiger charge is -2.21. The van der Waals surface area contributed by atoms with Gasteiger partial charge in [-0.25, -0.2) is 13.6 Å². The van der Waals surface area contributed by atoms with E-state index >= 15 is 0 Å². The Labute approximate surface area is 172 Å². The van der Waals surface area contributed by atoms with E-state index < -0.39 is 18.7 Å². The Bertz CT molecular complexity index is 929. The van der Waals surface area contributed by atoms with Gasteiger partial charge in [0.05, 0.1) is 11.3 Å². The molecule has 5 nitrogen and oxygen atoms in total. The zero-order valence-electron chi connectivity index (χ0n) is 15.9. The van der Waals surface area contributed by atoms with E-state index in [-0.39, 0.29) is 50.6 Å². The third-order valence-corrected chi connectivity index (χ3v) is 4.85. The van der Waals surface area contributed by atoms with Gasteiger partial charge in [-0.15, -0.1) is 0 Å². The number of benzene rings is 2. The highest BCUT2D eigenvalue weighted by molar-refractivity contribution is 6.32. The first-order valence-corrected chi connectivity index (χ1v) is 9.29. The topological polar surface area (TPSA) is 89.8 Å². The first-order valence-electron chi connectivity index (χ1n) is 8.91. The van der Waals surface area contributed by atoms with E-state index in [1.807, 2.05) is 0 Å². The van der Waals surface area contributed by atoms with Crippen LogP contribution in [0.4, 0.5) is 20.2 Å². The average Bonchev–Trinajstić information content (AvgIpc) is 2.65. The van der Waals surface area contributed by atoms with Gasteiger partial charge in [-0.2, -0.15) is 0 Å². The number of allylic oxidation sites excluding steroid dienone is 1. The zero-order chi connectivity index (χ0) is 21.7. The van der Waals surface area contributed by atoms with E-state index in [2.05, 4.69) is 5.32 Å². The van der Waals surface area contributed by atoms with E-state index in [0.29, 0.717) is 6.42 Å². The number of halogens is 3. The van der Waals surface area contributed by atoms with Gasteiger partial charge in [-0.1, -0.05) is 36.7 Å². The van der Waals surface area contributed by atoms with Crippen molar-refractivity contribution in [2.45, 2.75) is 39.4 Å². The van der Waals surface area contributed by atoms with Crippen LogP contribution in [0.2, 0.25) is 5.02 Å². The number of nitrogens with one attached hydrogen (secondary N) is 1. The molecule has 4 N–H and O–H groups in total. The van der Waals surface area contributed by atoms with Gasteiger partial charge in [0.1, 0.15) is 0 Å². The number of aromatic carboxylic acids is 1. The van der Waals surface area contributed by atoms with Gasteiger partial charge in [0.25, 0.3) is 6.43 Å². The molecule has 0 amide bonds. The van der Waals surface area contributed by atoms with Crippen LogP contribution in [0.1, 0.15) is 46.8 Å². The van der Waals surface area contributed by atoms with Gasteiger partial charge in [0.2, 0.25) is 0 Å². The average molecular weight is 426 g/mol. The Morgan fingerprint density at radius 2 is 1.90 bits per heavy atom. The lowest BCUT2D eigenvalue weighted by atomic mass is 9.94. The van der Waals surface area contributed by atoms with Crippen LogP contribution >= 0.6 is 11.6 Å². The number of carbonyl (C=O) groups is 1. The normalized spacial score (nSPS) is 12.0. The second kappa shape index (κ2) is 9.82. The van der Waals surface area contributed by atoms with Gasteiger partial charge < -0.3 is 20.6 Å². The van der Waals surface area contributed by atoms with Crippen LogP contribution < -0.4 is 5.32 Å². The number of para-hydroxylation sites is 1. The fourth-order valence-electron chi connectivity index (χ4n) is 3.09. The zero-order valence-corrected chi connectivity index (χ0v) is 16.7. The van der Waals surface area contributed by atoms with Gasteiger partial charge in [0, 0.05) is 22.7 Å². The van der Waals surface area contributed by atoms with Crippen molar-refractivity contribution in [1.29, 1.82) is 0 Å². The smallest absolute Gasteiger partial charge is 0.337 e. The summed E-state index contributed by atoms with van der Waals surface area (Å²) in [7, 11) is 0. The molecule has 2 aromatic rings. The first kappa shape index (κ1) is 22.8. The third-order valence-electron chi connectivity index (χ3n) is 4.52. The van der Waals surface area contributed by atoms with Crippen molar-refractivity contribution in [2.24, 2.45) is 0 Å². The van der Waals surface area contributed by atoms with Crippen LogP contribution in [-0.2, 0) is 6.42 Å². The highest BCUT2D eigenvalue weighted by atomic mass is 35.5. The Hall–Kier alpha value is -2.48. The van der Waals surface area contributed by atoms with Crippen LogP contribution in [0, 0.1) is 6.92 Å². The molecule has 2 rings (SSSR count). The van der Waals surface area contributed by atoms with Crippen LogP contribution in [-0.4, -0.2) is 27.6 Å². The molecule has 8 heteroatoms. The predicted octanol–water partition coefficient (Wildman–Crippen LogP) is 5.22. The summed E-state index contributed by atoms with van der Waals surface area (Å²) >= 11 is 6.29. The fraction of sp³-hybridized carbons (Fsp3) is 0.286.